The molecule has 2 heterocycles. The van der Waals surface area contributed by atoms with Gasteiger partial charge in [0.05, 0.1) is 6.42 Å². The number of hydrogen-bond acceptors (Lipinski definition) is 4. The zero-order valence-corrected chi connectivity index (χ0v) is 13.4. The summed E-state index contributed by atoms with van der Waals surface area (Å²) in [4.78, 5) is 11.3. The Bertz CT molecular complexity index is 608. The summed E-state index contributed by atoms with van der Waals surface area (Å²) in [5, 5.41) is 19.8. The average Bonchev–Trinajstić information content (AvgIpc) is 2.90. The molecular weight excluding hydrogens is 284 g/mol. The van der Waals surface area contributed by atoms with Crippen LogP contribution < -0.4 is 9.47 Å². The molecule has 0 saturated carbocycles. The minimum atomic E-state index is -0.849. The van der Waals surface area contributed by atoms with Gasteiger partial charge in [0.2, 0.25) is 0 Å². The summed E-state index contributed by atoms with van der Waals surface area (Å²) in [6, 6.07) is 0. The molecule has 0 fully saturated rings. The number of aromatic hydroxyl groups is 1. The molecule has 2 unspecified atom stereocenters. The highest BCUT2D eigenvalue weighted by Crippen LogP contribution is 2.54. The van der Waals surface area contributed by atoms with E-state index in [1.807, 2.05) is 27.7 Å². The van der Waals surface area contributed by atoms with E-state index in [9.17, 15) is 15.0 Å². The number of carboxylic acid groups (broad SMARTS) is 1. The minimum absolute atomic E-state index is 0.00276. The van der Waals surface area contributed by atoms with Crippen LogP contribution in [0.1, 0.15) is 50.8 Å². The van der Waals surface area contributed by atoms with Crippen molar-refractivity contribution in [3.05, 3.63) is 16.7 Å². The third-order valence-electron chi connectivity index (χ3n) is 4.47. The summed E-state index contributed by atoms with van der Waals surface area (Å²) >= 11 is 0. The normalized spacial score (nSPS) is 22.7. The van der Waals surface area contributed by atoms with Crippen molar-refractivity contribution in [1.82, 2.24) is 0 Å². The molecule has 0 radical (unpaired) electrons. The van der Waals surface area contributed by atoms with Gasteiger partial charge in [-0.15, -0.1) is 0 Å². The molecule has 2 atom stereocenters. The molecule has 0 amide bonds. The van der Waals surface area contributed by atoms with Gasteiger partial charge in [-0.05, 0) is 13.8 Å². The zero-order valence-electron chi connectivity index (χ0n) is 13.4. The molecule has 5 nitrogen and oxygen atoms in total. The lowest BCUT2D eigenvalue weighted by Crippen LogP contribution is -2.24. The summed E-state index contributed by atoms with van der Waals surface area (Å²) < 4.78 is 11.7. The number of benzene rings is 1. The van der Waals surface area contributed by atoms with Crippen LogP contribution in [-0.2, 0) is 23.1 Å². The van der Waals surface area contributed by atoms with Crippen LogP contribution >= 0.6 is 0 Å². The molecular formula is C17H22O5. The Morgan fingerprint density at radius 3 is 2.27 bits per heavy atom. The van der Waals surface area contributed by atoms with Crippen LogP contribution in [0.5, 0.6) is 17.2 Å². The van der Waals surface area contributed by atoms with Crippen LogP contribution in [0.2, 0.25) is 0 Å². The predicted molar refractivity (Wildman–Crippen MR) is 81.0 cm³/mol. The molecule has 2 aliphatic heterocycles. The largest absolute Gasteiger partial charge is 0.504 e. The van der Waals surface area contributed by atoms with E-state index in [0.717, 1.165) is 16.7 Å². The van der Waals surface area contributed by atoms with Gasteiger partial charge in [0, 0.05) is 34.9 Å². The molecule has 0 spiro atoms. The van der Waals surface area contributed by atoms with E-state index in [1.54, 1.807) is 0 Å². The van der Waals surface area contributed by atoms with E-state index in [4.69, 9.17) is 9.47 Å². The van der Waals surface area contributed by atoms with Gasteiger partial charge in [-0.2, -0.15) is 0 Å². The van der Waals surface area contributed by atoms with Gasteiger partial charge in [0.15, 0.2) is 11.5 Å². The van der Waals surface area contributed by atoms with Gasteiger partial charge >= 0.3 is 5.97 Å². The second-order valence-electron chi connectivity index (χ2n) is 7.06. The minimum Gasteiger partial charge on any atom is -0.504 e. The van der Waals surface area contributed by atoms with Crippen LogP contribution in [0.4, 0.5) is 0 Å². The fraction of sp³-hybridized carbons (Fsp3) is 0.588. The number of ether oxygens (including phenoxy) is 2. The third-order valence-corrected chi connectivity index (χ3v) is 4.47. The lowest BCUT2D eigenvalue weighted by atomic mass is 9.76. The van der Waals surface area contributed by atoms with Crippen molar-refractivity contribution in [2.75, 3.05) is 0 Å². The lowest BCUT2D eigenvalue weighted by Gasteiger charge is -2.28. The van der Waals surface area contributed by atoms with Crippen molar-refractivity contribution in [3.8, 4) is 17.2 Å². The zero-order chi connectivity index (χ0) is 16.2. The van der Waals surface area contributed by atoms with Crippen LogP contribution in [-0.4, -0.2) is 28.4 Å². The Labute approximate surface area is 129 Å². The maximum atomic E-state index is 11.3. The fourth-order valence-electron chi connectivity index (χ4n) is 3.67. The molecule has 0 aromatic heterocycles. The van der Waals surface area contributed by atoms with Gasteiger partial charge in [-0.25, -0.2) is 0 Å². The van der Waals surface area contributed by atoms with Gasteiger partial charge in [0.1, 0.15) is 18.0 Å². The molecule has 5 heteroatoms. The monoisotopic (exact) mass is 306 g/mol. The fourth-order valence-corrected chi connectivity index (χ4v) is 3.67. The number of fused-ring (bicyclic) bond motifs is 2. The number of carboxylic acids is 1. The first-order valence-electron chi connectivity index (χ1n) is 7.67. The van der Waals surface area contributed by atoms with Gasteiger partial charge in [0.25, 0.3) is 0 Å². The number of phenols is 1. The van der Waals surface area contributed by atoms with E-state index >= 15 is 0 Å². The summed E-state index contributed by atoms with van der Waals surface area (Å²) in [7, 11) is 0. The van der Waals surface area contributed by atoms with Crippen molar-refractivity contribution in [2.24, 2.45) is 0 Å². The second-order valence-corrected chi connectivity index (χ2v) is 7.06. The molecule has 2 aliphatic rings. The van der Waals surface area contributed by atoms with E-state index in [1.165, 1.54) is 0 Å². The number of rotatable bonds is 3. The molecule has 1 aromatic carbocycles. The molecule has 22 heavy (non-hydrogen) atoms. The van der Waals surface area contributed by atoms with Crippen LogP contribution in [0, 0.1) is 0 Å². The number of aliphatic carboxylic acids is 1. The van der Waals surface area contributed by atoms with Gasteiger partial charge < -0.3 is 19.7 Å². The smallest absolute Gasteiger partial charge is 0.304 e. The average molecular weight is 306 g/mol. The Morgan fingerprint density at radius 1 is 1.14 bits per heavy atom. The number of hydrogen-bond donors (Lipinski definition) is 2. The SMILES string of the molecule is CC1Cc2c(c(O)c3c(c2C(C)(C)CC(=O)O)OC(C)C3)O1. The van der Waals surface area contributed by atoms with E-state index in [2.05, 4.69) is 0 Å². The first kappa shape index (κ1) is 15.0. The molecule has 0 saturated heterocycles. The Hall–Kier alpha value is -1.91. The quantitative estimate of drug-likeness (QED) is 0.898. The molecule has 0 aliphatic carbocycles. The summed E-state index contributed by atoms with van der Waals surface area (Å²) in [6.07, 6.45) is 1.22. The standard InChI is InChI=1S/C17H22O5/c1-8-5-10-13(17(3,4)7-12(18)19)15-11(6-9(2)21-15)14(20)16(10)22-8/h8-9,20H,5-7H2,1-4H3,(H,18,19). The lowest BCUT2D eigenvalue weighted by molar-refractivity contribution is -0.138. The molecule has 1 aromatic rings. The Kier molecular flexibility index (Phi) is 3.27. The first-order valence-corrected chi connectivity index (χ1v) is 7.67. The Morgan fingerprint density at radius 2 is 1.68 bits per heavy atom. The maximum absolute atomic E-state index is 11.3. The van der Waals surface area contributed by atoms with Crippen molar-refractivity contribution in [2.45, 2.75) is 64.6 Å². The van der Waals surface area contributed by atoms with Crippen molar-refractivity contribution >= 4 is 5.97 Å². The predicted octanol–water partition coefficient (Wildman–Crippen LogP) is 2.79. The number of carbonyl (C=O) groups is 1. The highest BCUT2D eigenvalue weighted by Gasteiger charge is 2.41. The Balaban J connectivity index is 2.24. The second kappa shape index (κ2) is 4.80. The molecule has 2 N–H and O–H groups in total. The van der Waals surface area contributed by atoms with Gasteiger partial charge in [-0.1, -0.05) is 13.8 Å². The van der Waals surface area contributed by atoms with Crippen LogP contribution in [0.15, 0.2) is 0 Å². The van der Waals surface area contributed by atoms with E-state index in [0.29, 0.717) is 24.3 Å². The first-order chi connectivity index (χ1) is 10.2. The van der Waals surface area contributed by atoms with Crippen LogP contribution in [0.3, 0.4) is 0 Å². The van der Waals surface area contributed by atoms with E-state index < -0.39 is 11.4 Å². The molecule has 120 valence electrons. The highest BCUT2D eigenvalue weighted by atomic mass is 16.5. The van der Waals surface area contributed by atoms with E-state index in [-0.39, 0.29) is 24.4 Å². The highest BCUT2D eigenvalue weighted by molar-refractivity contribution is 5.72. The molecule has 3 rings (SSSR count). The maximum Gasteiger partial charge on any atom is 0.304 e. The number of phenolic OH excluding ortho intramolecular Hbond substituents is 1. The van der Waals surface area contributed by atoms with Crippen molar-refractivity contribution < 1.29 is 24.5 Å². The molecule has 0 bridgehead atoms. The summed E-state index contributed by atoms with van der Waals surface area (Å²) in [5.74, 6) is 0.484. The third kappa shape index (κ3) is 2.19. The summed E-state index contributed by atoms with van der Waals surface area (Å²) in [5.41, 5.74) is 1.93. The van der Waals surface area contributed by atoms with Crippen molar-refractivity contribution in [1.29, 1.82) is 0 Å². The van der Waals surface area contributed by atoms with Gasteiger partial charge in [-0.3, -0.25) is 4.79 Å². The topological polar surface area (TPSA) is 76.0 Å². The van der Waals surface area contributed by atoms with Crippen LogP contribution in [0.25, 0.3) is 0 Å². The summed E-state index contributed by atoms with van der Waals surface area (Å²) in [6.45, 7) is 7.71. The van der Waals surface area contributed by atoms with Crippen molar-refractivity contribution in [3.63, 3.8) is 0 Å².